The van der Waals surface area contributed by atoms with Gasteiger partial charge in [0.2, 0.25) is 5.91 Å². The molecule has 1 amide bonds. The molecule has 0 aromatic heterocycles. The third-order valence-corrected chi connectivity index (χ3v) is 10.6. The van der Waals surface area contributed by atoms with Gasteiger partial charge in [0, 0.05) is 6.42 Å². The predicted molar refractivity (Wildman–Crippen MR) is 245 cm³/mol. The molecular formula is C51H91NO5. The lowest BCUT2D eigenvalue weighted by Gasteiger charge is -2.24. The predicted octanol–water partition coefficient (Wildman–Crippen LogP) is 14.1. The first-order valence-corrected chi connectivity index (χ1v) is 24.0. The number of esters is 1. The molecule has 0 saturated carbocycles. The number of aliphatic hydroxyl groups excluding tert-OH is 2. The van der Waals surface area contributed by atoms with Gasteiger partial charge in [-0.05, 0) is 70.6 Å². The van der Waals surface area contributed by atoms with Gasteiger partial charge in [-0.3, -0.25) is 9.59 Å². The molecule has 3 unspecified atom stereocenters. The summed E-state index contributed by atoms with van der Waals surface area (Å²) >= 11 is 0. The van der Waals surface area contributed by atoms with Crippen molar-refractivity contribution in [3.05, 3.63) is 60.8 Å². The Bertz CT molecular complexity index is 1030. The Morgan fingerprint density at radius 2 is 0.947 bits per heavy atom. The van der Waals surface area contributed by atoms with Crippen molar-refractivity contribution in [2.75, 3.05) is 6.61 Å². The molecule has 3 N–H and O–H groups in total. The molecule has 0 rings (SSSR count). The van der Waals surface area contributed by atoms with E-state index in [0.717, 1.165) is 96.3 Å². The summed E-state index contributed by atoms with van der Waals surface area (Å²) in [4.78, 5) is 25.9. The Balaban J connectivity index is 4.46. The van der Waals surface area contributed by atoms with Gasteiger partial charge in [-0.25, -0.2) is 0 Å². The smallest absolute Gasteiger partial charge is 0.306 e. The number of allylic oxidation sites excluding steroid dienone is 10. The third-order valence-electron chi connectivity index (χ3n) is 10.6. The van der Waals surface area contributed by atoms with Gasteiger partial charge in [-0.2, -0.15) is 0 Å². The average Bonchev–Trinajstić information content (AvgIpc) is 3.20. The number of unbranched alkanes of at least 4 members (excludes halogenated alkanes) is 20. The number of hydrogen-bond donors (Lipinski definition) is 3. The van der Waals surface area contributed by atoms with E-state index in [1.165, 1.54) is 83.5 Å². The molecule has 6 nitrogen and oxygen atoms in total. The van der Waals surface area contributed by atoms with Gasteiger partial charge in [0.1, 0.15) is 6.10 Å². The van der Waals surface area contributed by atoms with E-state index in [-0.39, 0.29) is 24.9 Å². The first-order chi connectivity index (χ1) is 28.0. The van der Waals surface area contributed by atoms with Crippen LogP contribution in [0.25, 0.3) is 0 Å². The van der Waals surface area contributed by atoms with Crippen LogP contribution in [-0.2, 0) is 14.3 Å². The summed E-state index contributed by atoms with van der Waals surface area (Å²) in [6.45, 7) is 6.32. The lowest BCUT2D eigenvalue weighted by Crippen LogP contribution is -2.46. The molecule has 6 heteroatoms. The Kier molecular flexibility index (Phi) is 42.7. The van der Waals surface area contributed by atoms with E-state index in [0.29, 0.717) is 19.3 Å². The molecule has 0 saturated heterocycles. The fourth-order valence-electron chi connectivity index (χ4n) is 6.99. The minimum Gasteiger partial charge on any atom is -0.462 e. The van der Waals surface area contributed by atoms with Gasteiger partial charge in [-0.15, -0.1) is 0 Å². The molecule has 0 heterocycles. The average molecular weight is 798 g/mol. The quantitative estimate of drug-likeness (QED) is 0.0325. The second-order valence-corrected chi connectivity index (χ2v) is 16.1. The summed E-state index contributed by atoms with van der Waals surface area (Å²) in [6.07, 6.45) is 54.3. The van der Waals surface area contributed by atoms with Crippen LogP contribution in [0.2, 0.25) is 0 Å². The van der Waals surface area contributed by atoms with E-state index in [1.807, 2.05) is 0 Å². The van der Waals surface area contributed by atoms with Crippen LogP contribution in [0.1, 0.15) is 226 Å². The maximum Gasteiger partial charge on any atom is 0.306 e. The van der Waals surface area contributed by atoms with Crippen molar-refractivity contribution in [1.82, 2.24) is 5.32 Å². The molecular weight excluding hydrogens is 707 g/mol. The van der Waals surface area contributed by atoms with E-state index >= 15 is 0 Å². The molecule has 0 aromatic carbocycles. The van der Waals surface area contributed by atoms with Crippen LogP contribution in [0, 0.1) is 0 Å². The van der Waals surface area contributed by atoms with Crippen LogP contribution in [0.3, 0.4) is 0 Å². The monoisotopic (exact) mass is 798 g/mol. The number of hydrogen-bond acceptors (Lipinski definition) is 5. The molecule has 3 atom stereocenters. The third kappa shape index (κ3) is 40.1. The zero-order valence-electron chi connectivity index (χ0n) is 37.5. The summed E-state index contributed by atoms with van der Waals surface area (Å²) in [7, 11) is 0. The van der Waals surface area contributed by atoms with Crippen molar-refractivity contribution in [2.24, 2.45) is 0 Å². The fraction of sp³-hybridized carbons (Fsp3) is 0.765. The second kappa shape index (κ2) is 44.7. The Morgan fingerprint density at radius 1 is 0.526 bits per heavy atom. The van der Waals surface area contributed by atoms with Crippen molar-refractivity contribution in [3.63, 3.8) is 0 Å². The van der Waals surface area contributed by atoms with Crippen LogP contribution in [0.5, 0.6) is 0 Å². The molecule has 0 aliphatic heterocycles. The van der Waals surface area contributed by atoms with Gasteiger partial charge < -0.3 is 20.3 Å². The van der Waals surface area contributed by atoms with E-state index in [9.17, 15) is 19.8 Å². The number of carbonyl (C=O) groups is 2. The molecule has 0 fully saturated rings. The normalized spacial score (nSPS) is 13.8. The summed E-state index contributed by atoms with van der Waals surface area (Å²) in [5.74, 6) is -0.517. The van der Waals surface area contributed by atoms with E-state index in [1.54, 1.807) is 0 Å². The number of aliphatic hydroxyl groups is 2. The van der Waals surface area contributed by atoms with Gasteiger partial charge in [-0.1, -0.05) is 204 Å². The minimum absolute atomic E-state index is 0.0630. The van der Waals surface area contributed by atoms with Crippen molar-refractivity contribution >= 4 is 11.9 Å². The van der Waals surface area contributed by atoms with Crippen LogP contribution in [0.4, 0.5) is 0 Å². The summed E-state index contributed by atoms with van der Waals surface area (Å²) in [6, 6.07) is -0.705. The molecule has 0 bridgehead atoms. The lowest BCUT2D eigenvalue weighted by molar-refractivity contribution is -0.151. The molecule has 0 spiro atoms. The van der Waals surface area contributed by atoms with Gasteiger partial charge >= 0.3 is 5.97 Å². The van der Waals surface area contributed by atoms with E-state index in [4.69, 9.17) is 4.74 Å². The SMILES string of the molecule is CC/C=C\C/C=C\C/C=C\C/C=C\C/C=C\CCCCCC(=O)OC(CCCCCCCCC)CC(=O)NC(CO)C(O)CCCCCCCCCCCCCC. The zero-order valence-corrected chi connectivity index (χ0v) is 37.5. The largest absolute Gasteiger partial charge is 0.462 e. The Labute approximate surface area is 352 Å². The van der Waals surface area contributed by atoms with Crippen molar-refractivity contribution in [1.29, 1.82) is 0 Å². The number of rotatable bonds is 42. The number of amides is 1. The van der Waals surface area contributed by atoms with Gasteiger partial charge in [0.15, 0.2) is 0 Å². The summed E-state index contributed by atoms with van der Waals surface area (Å²) in [5, 5.41) is 23.6. The van der Waals surface area contributed by atoms with Crippen molar-refractivity contribution in [2.45, 2.75) is 244 Å². The highest BCUT2D eigenvalue weighted by molar-refractivity contribution is 5.77. The second-order valence-electron chi connectivity index (χ2n) is 16.1. The van der Waals surface area contributed by atoms with E-state index in [2.05, 4.69) is 86.8 Å². The number of ether oxygens (including phenoxy) is 1. The van der Waals surface area contributed by atoms with Crippen molar-refractivity contribution < 1.29 is 24.5 Å². The highest BCUT2D eigenvalue weighted by Crippen LogP contribution is 2.17. The minimum atomic E-state index is -0.791. The Morgan fingerprint density at radius 3 is 1.42 bits per heavy atom. The van der Waals surface area contributed by atoms with Gasteiger partial charge in [0.05, 0.1) is 25.2 Å². The fourth-order valence-corrected chi connectivity index (χ4v) is 6.99. The lowest BCUT2D eigenvalue weighted by atomic mass is 10.0. The van der Waals surface area contributed by atoms with Gasteiger partial charge in [0.25, 0.3) is 0 Å². The molecule has 0 aromatic rings. The number of carbonyl (C=O) groups excluding carboxylic acids is 2. The first kappa shape index (κ1) is 54.6. The number of nitrogens with one attached hydrogen (secondary N) is 1. The molecule has 330 valence electrons. The molecule has 0 radical (unpaired) electrons. The molecule has 57 heavy (non-hydrogen) atoms. The van der Waals surface area contributed by atoms with Crippen molar-refractivity contribution in [3.8, 4) is 0 Å². The van der Waals surface area contributed by atoms with Crippen LogP contribution < -0.4 is 5.32 Å². The summed E-state index contributed by atoms with van der Waals surface area (Å²) in [5.41, 5.74) is 0. The summed E-state index contributed by atoms with van der Waals surface area (Å²) < 4.78 is 5.87. The molecule has 0 aliphatic rings. The maximum atomic E-state index is 13.1. The zero-order chi connectivity index (χ0) is 41.7. The van der Waals surface area contributed by atoms with Crippen LogP contribution in [0.15, 0.2) is 60.8 Å². The highest BCUT2D eigenvalue weighted by atomic mass is 16.5. The van der Waals surface area contributed by atoms with Crippen LogP contribution in [-0.4, -0.2) is 46.9 Å². The Hall–Kier alpha value is -2.44. The standard InChI is InChI=1S/C51H91NO5/c1-4-7-10-13-16-18-20-22-23-24-25-26-27-28-30-32-35-38-41-44-51(56)57-47(42-39-36-33-15-12-9-6-3)45-50(55)52-48(46-53)49(54)43-40-37-34-31-29-21-19-17-14-11-8-5-2/h7,10,16,18,22-23,25-26,28,30,47-49,53-54H,4-6,8-9,11-15,17,19-21,24,27,29,31-46H2,1-3H3,(H,52,55)/b10-7-,18-16-,23-22-,26-25-,30-28-. The highest BCUT2D eigenvalue weighted by Gasteiger charge is 2.24. The maximum absolute atomic E-state index is 13.1. The first-order valence-electron chi connectivity index (χ1n) is 24.0. The topological polar surface area (TPSA) is 95.9 Å². The molecule has 0 aliphatic carbocycles. The van der Waals surface area contributed by atoms with E-state index < -0.39 is 18.2 Å². The van der Waals surface area contributed by atoms with Crippen LogP contribution >= 0.6 is 0 Å².